The van der Waals surface area contributed by atoms with Crippen molar-refractivity contribution in [2.45, 2.75) is 56.3 Å². The Labute approximate surface area is 438 Å². The van der Waals surface area contributed by atoms with Gasteiger partial charge in [0.25, 0.3) is 0 Å². The lowest BCUT2D eigenvalue weighted by molar-refractivity contribution is 0.479. The number of rotatable bonds is 7. The van der Waals surface area contributed by atoms with Crippen molar-refractivity contribution in [3.63, 3.8) is 0 Å². The molecule has 0 radical (unpaired) electrons. The lowest BCUT2D eigenvalue weighted by Crippen LogP contribution is -2.40. The topological polar surface area (TPSA) is 77.3 Å². The molecule has 14 rings (SSSR count). The molecule has 2 heterocycles. The quantitative estimate of drug-likeness (QED) is 0.158. The average molecular weight is 965 g/mol. The predicted molar refractivity (Wildman–Crippen MR) is 301 cm³/mol. The molecule has 6 nitrogen and oxygen atoms in total. The van der Waals surface area contributed by atoms with E-state index in [4.69, 9.17) is 29.9 Å². The standard InChI is InChI=1S/C69H52N6/c1-43-51-27-14-13-22-46(51)38-40-52(43)66-72-63(48-25-11-6-12-26-48)71-65(75-66)50-39-41-55-54(42-50)61-53(28-19-33-60(61)69(55)58-31-17-15-29-56(58)68(2,3)57-30-16-18-32-59(57)69)67-73-62(47-23-9-5-10-24-47)70-64(74-67)49-36-34-45(35-37-49)44-20-7-4-8-21-44/h4-37,39,41-43,52H,38,40H2,1-3H3. The van der Waals surface area contributed by atoms with Gasteiger partial charge < -0.3 is 0 Å². The molecule has 0 amide bonds. The van der Waals surface area contributed by atoms with Crippen molar-refractivity contribution < 1.29 is 0 Å². The molecule has 2 atom stereocenters. The van der Waals surface area contributed by atoms with Gasteiger partial charge in [0.15, 0.2) is 29.1 Å². The number of benzene rings is 9. The molecule has 0 bridgehead atoms. The van der Waals surface area contributed by atoms with Gasteiger partial charge in [0.05, 0.1) is 5.41 Å². The highest BCUT2D eigenvalue weighted by molar-refractivity contribution is 5.97. The maximum absolute atomic E-state index is 5.49. The first-order valence-electron chi connectivity index (χ1n) is 26.2. The van der Waals surface area contributed by atoms with Crippen molar-refractivity contribution in [1.29, 1.82) is 0 Å². The predicted octanol–water partition coefficient (Wildman–Crippen LogP) is 15.9. The highest BCUT2D eigenvalue weighted by atomic mass is 15.0. The Balaban J connectivity index is 1.02. The Kier molecular flexibility index (Phi) is 10.5. The van der Waals surface area contributed by atoms with E-state index >= 15 is 0 Å². The third-order valence-corrected chi connectivity index (χ3v) is 16.5. The van der Waals surface area contributed by atoms with Gasteiger partial charge >= 0.3 is 0 Å². The molecular formula is C69H52N6. The largest absolute Gasteiger partial charge is 0.213 e. The molecule has 0 aliphatic heterocycles. The highest BCUT2D eigenvalue weighted by Gasteiger charge is 2.54. The van der Waals surface area contributed by atoms with Crippen LogP contribution in [0, 0.1) is 0 Å². The van der Waals surface area contributed by atoms with E-state index in [2.05, 4.69) is 215 Å². The van der Waals surface area contributed by atoms with Crippen LogP contribution in [0.1, 0.15) is 89.4 Å². The summed E-state index contributed by atoms with van der Waals surface area (Å²) in [6.07, 6.45) is 1.95. The Bertz CT molecular complexity index is 3950. The van der Waals surface area contributed by atoms with Gasteiger partial charge in [0.2, 0.25) is 0 Å². The summed E-state index contributed by atoms with van der Waals surface area (Å²) in [6.45, 7) is 7.07. The fraction of sp³-hybridized carbons (Fsp3) is 0.130. The molecule has 0 N–H and O–H groups in total. The van der Waals surface area contributed by atoms with Crippen LogP contribution in [0.15, 0.2) is 224 Å². The molecule has 2 aromatic heterocycles. The third kappa shape index (κ3) is 7.15. The summed E-state index contributed by atoms with van der Waals surface area (Å²) in [6, 6.07) is 80.3. The first-order valence-corrected chi connectivity index (χ1v) is 26.2. The summed E-state index contributed by atoms with van der Waals surface area (Å²) in [5, 5.41) is 0. The Morgan fingerprint density at radius 1 is 0.360 bits per heavy atom. The number of nitrogens with zero attached hydrogens (tertiary/aromatic N) is 6. The zero-order chi connectivity index (χ0) is 50.3. The molecule has 358 valence electrons. The number of hydrogen-bond donors (Lipinski definition) is 0. The van der Waals surface area contributed by atoms with Crippen LogP contribution in [0.3, 0.4) is 0 Å². The first kappa shape index (κ1) is 44.7. The summed E-state index contributed by atoms with van der Waals surface area (Å²) in [7, 11) is 0. The lowest BCUT2D eigenvalue weighted by Gasteiger charge is -2.46. The van der Waals surface area contributed by atoms with E-state index in [-0.39, 0.29) is 17.3 Å². The van der Waals surface area contributed by atoms with Gasteiger partial charge in [-0.1, -0.05) is 239 Å². The van der Waals surface area contributed by atoms with Crippen LogP contribution < -0.4 is 0 Å². The molecular weight excluding hydrogens is 913 g/mol. The van der Waals surface area contributed by atoms with Crippen molar-refractivity contribution in [2.75, 3.05) is 0 Å². The minimum absolute atomic E-state index is 0.124. The van der Waals surface area contributed by atoms with Crippen LogP contribution in [0.25, 0.3) is 79.2 Å². The third-order valence-electron chi connectivity index (χ3n) is 16.5. The first-order chi connectivity index (χ1) is 36.8. The number of fused-ring (bicyclic) bond motifs is 10. The lowest BCUT2D eigenvalue weighted by atomic mass is 9.55. The van der Waals surface area contributed by atoms with E-state index in [1.165, 1.54) is 44.5 Å². The second-order valence-electron chi connectivity index (χ2n) is 20.9. The van der Waals surface area contributed by atoms with E-state index in [1.807, 2.05) is 30.3 Å². The van der Waals surface area contributed by atoms with Crippen LogP contribution in [0.5, 0.6) is 0 Å². The summed E-state index contributed by atoms with van der Waals surface area (Å²) >= 11 is 0. The normalized spacial score (nSPS) is 16.3. The Morgan fingerprint density at radius 2 is 0.813 bits per heavy atom. The molecule has 1 spiro atoms. The van der Waals surface area contributed by atoms with Gasteiger partial charge in [-0.2, -0.15) is 0 Å². The van der Waals surface area contributed by atoms with E-state index in [0.717, 1.165) is 68.7 Å². The Morgan fingerprint density at radius 3 is 1.44 bits per heavy atom. The summed E-state index contributed by atoms with van der Waals surface area (Å²) in [5.41, 5.74) is 18.6. The molecule has 11 aromatic rings. The summed E-state index contributed by atoms with van der Waals surface area (Å²) in [4.78, 5) is 32.2. The SMILES string of the molecule is CC1c2ccccc2CCC1c1nc(-c2ccccc2)nc(-c2ccc3c(c2)-c2c(-c4nc(-c5ccccc5)nc(-c5ccc(-c6ccccc6)cc5)n4)cccc2C32c3ccccc3C(C)(C)c3ccccc32)n1. The molecule has 6 heteroatoms. The van der Waals surface area contributed by atoms with Gasteiger partial charge in [0, 0.05) is 39.2 Å². The molecule has 3 aliphatic rings. The highest BCUT2D eigenvalue weighted by Crippen LogP contribution is 2.63. The smallest absolute Gasteiger partial charge is 0.164 e. The second kappa shape index (κ2) is 17.6. The maximum Gasteiger partial charge on any atom is 0.164 e. The van der Waals surface area contributed by atoms with Crippen molar-refractivity contribution in [3.8, 4) is 79.2 Å². The van der Waals surface area contributed by atoms with E-state index in [1.54, 1.807) is 0 Å². The van der Waals surface area contributed by atoms with E-state index in [9.17, 15) is 0 Å². The van der Waals surface area contributed by atoms with E-state index in [0.29, 0.717) is 29.1 Å². The number of aryl methyl sites for hydroxylation is 1. The maximum atomic E-state index is 5.49. The minimum atomic E-state index is -0.669. The van der Waals surface area contributed by atoms with Crippen LogP contribution in [-0.4, -0.2) is 29.9 Å². The van der Waals surface area contributed by atoms with Gasteiger partial charge in [-0.15, -0.1) is 0 Å². The molecule has 3 aliphatic carbocycles. The summed E-state index contributed by atoms with van der Waals surface area (Å²) in [5.74, 6) is 4.37. The summed E-state index contributed by atoms with van der Waals surface area (Å²) < 4.78 is 0. The van der Waals surface area contributed by atoms with Crippen LogP contribution in [-0.2, 0) is 17.3 Å². The second-order valence-corrected chi connectivity index (χ2v) is 20.9. The molecule has 75 heavy (non-hydrogen) atoms. The molecule has 9 aromatic carbocycles. The van der Waals surface area contributed by atoms with Crippen molar-refractivity contribution in [2.24, 2.45) is 0 Å². The van der Waals surface area contributed by atoms with Crippen molar-refractivity contribution in [1.82, 2.24) is 29.9 Å². The monoisotopic (exact) mass is 964 g/mol. The fourth-order valence-electron chi connectivity index (χ4n) is 12.8. The van der Waals surface area contributed by atoms with Crippen LogP contribution >= 0.6 is 0 Å². The molecule has 0 saturated carbocycles. The molecule has 0 fully saturated rings. The fourth-order valence-corrected chi connectivity index (χ4v) is 12.8. The van der Waals surface area contributed by atoms with Crippen molar-refractivity contribution in [3.05, 3.63) is 275 Å². The van der Waals surface area contributed by atoms with Gasteiger partial charge in [-0.3, -0.25) is 0 Å². The van der Waals surface area contributed by atoms with Gasteiger partial charge in [-0.05, 0) is 91.6 Å². The molecule has 0 saturated heterocycles. The molecule has 2 unspecified atom stereocenters. The number of aromatic nitrogens is 6. The Hall–Kier alpha value is -9.00. The average Bonchev–Trinajstić information content (AvgIpc) is 3.79. The zero-order valence-electron chi connectivity index (χ0n) is 42.1. The number of hydrogen-bond acceptors (Lipinski definition) is 6. The van der Waals surface area contributed by atoms with Gasteiger partial charge in [0.1, 0.15) is 5.82 Å². The van der Waals surface area contributed by atoms with Crippen LogP contribution in [0.4, 0.5) is 0 Å². The van der Waals surface area contributed by atoms with Crippen LogP contribution in [0.2, 0.25) is 0 Å². The van der Waals surface area contributed by atoms with Crippen molar-refractivity contribution >= 4 is 0 Å². The van der Waals surface area contributed by atoms with Gasteiger partial charge in [-0.25, -0.2) is 29.9 Å². The zero-order valence-corrected chi connectivity index (χ0v) is 42.1. The van der Waals surface area contributed by atoms with E-state index < -0.39 is 5.41 Å². The minimum Gasteiger partial charge on any atom is -0.213 e.